The fraction of sp³-hybridized carbons (Fsp3) is 0.500. The number of anilines is 1. The summed E-state index contributed by atoms with van der Waals surface area (Å²) in [5.74, 6) is -0.319. The monoisotopic (exact) mass is 365 g/mol. The molecule has 1 rings (SSSR count). The molecular formula is C14H24ClN3O4S. The van der Waals surface area contributed by atoms with Gasteiger partial charge in [-0.05, 0) is 24.6 Å². The number of nitrogens with one attached hydrogen (secondary N) is 2. The van der Waals surface area contributed by atoms with Gasteiger partial charge in [0, 0.05) is 25.4 Å². The standard InChI is InChI=1S/C14H23N3O4S.ClH/c1-2-3-9-21-11-14(18)17-12-5-4-6-13(10-12)22(19,20)16-8-7-15;/h4-6,10,16H,2-3,7-9,11,15H2,1H3,(H,17,18);1H. The number of unbranched alkanes of at least 4 members (excludes halogenated alkanes) is 1. The molecule has 0 aliphatic carbocycles. The average Bonchev–Trinajstić information content (AvgIpc) is 2.50. The van der Waals surface area contributed by atoms with Gasteiger partial charge in [0.05, 0.1) is 4.90 Å². The quantitative estimate of drug-likeness (QED) is 0.538. The lowest BCUT2D eigenvalue weighted by Crippen LogP contribution is -2.29. The van der Waals surface area contributed by atoms with Crippen LogP contribution in [-0.4, -0.2) is 40.6 Å². The summed E-state index contributed by atoms with van der Waals surface area (Å²) in [6, 6.07) is 6.02. The van der Waals surface area contributed by atoms with E-state index in [-0.39, 0.29) is 42.9 Å². The highest BCUT2D eigenvalue weighted by Crippen LogP contribution is 2.15. The molecule has 1 aromatic carbocycles. The maximum atomic E-state index is 12.0. The minimum Gasteiger partial charge on any atom is -0.372 e. The Labute approximate surface area is 143 Å². The van der Waals surface area contributed by atoms with Crippen molar-refractivity contribution in [3.63, 3.8) is 0 Å². The van der Waals surface area contributed by atoms with Gasteiger partial charge in [-0.1, -0.05) is 19.4 Å². The molecule has 132 valence electrons. The Bertz CT molecular complexity index is 581. The Morgan fingerprint density at radius 2 is 2.09 bits per heavy atom. The first-order chi connectivity index (χ1) is 10.5. The maximum Gasteiger partial charge on any atom is 0.250 e. The van der Waals surface area contributed by atoms with Crippen LogP contribution in [0.4, 0.5) is 5.69 Å². The lowest BCUT2D eigenvalue weighted by Gasteiger charge is -2.09. The summed E-state index contributed by atoms with van der Waals surface area (Å²) in [6.45, 7) is 2.88. The zero-order valence-corrected chi connectivity index (χ0v) is 14.7. The second-order valence-electron chi connectivity index (χ2n) is 4.67. The summed E-state index contributed by atoms with van der Waals surface area (Å²) in [6.07, 6.45) is 1.89. The Hall–Kier alpha value is -1.19. The molecular weight excluding hydrogens is 342 g/mol. The largest absolute Gasteiger partial charge is 0.372 e. The molecule has 0 aliphatic heterocycles. The van der Waals surface area contributed by atoms with Crippen molar-refractivity contribution in [2.45, 2.75) is 24.7 Å². The van der Waals surface area contributed by atoms with Crippen LogP contribution in [0.3, 0.4) is 0 Å². The van der Waals surface area contributed by atoms with Crippen LogP contribution in [0.15, 0.2) is 29.2 Å². The number of carbonyl (C=O) groups excluding carboxylic acids is 1. The SMILES string of the molecule is CCCCOCC(=O)Nc1cccc(S(=O)(=O)NCCN)c1.Cl. The van der Waals surface area contributed by atoms with Crippen molar-refractivity contribution >= 4 is 34.0 Å². The second-order valence-corrected chi connectivity index (χ2v) is 6.44. The van der Waals surface area contributed by atoms with E-state index in [0.717, 1.165) is 12.8 Å². The van der Waals surface area contributed by atoms with Gasteiger partial charge in [0.1, 0.15) is 6.61 Å². The molecule has 0 aromatic heterocycles. The smallest absolute Gasteiger partial charge is 0.250 e. The van der Waals surface area contributed by atoms with E-state index in [1.54, 1.807) is 12.1 Å². The Morgan fingerprint density at radius 3 is 2.74 bits per heavy atom. The number of carbonyl (C=O) groups is 1. The zero-order chi connectivity index (χ0) is 16.4. The third-order valence-electron chi connectivity index (χ3n) is 2.74. The number of hydrogen-bond acceptors (Lipinski definition) is 5. The third-order valence-corrected chi connectivity index (χ3v) is 4.20. The summed E-state index contributed by atoms with van der Waals surface area (Å²) in [5.41, 5.74) is 5.68. The van der Waals surface area contributed by atoms with Crippen LogP contribution < -0.4 is 15.8 Å². The van der Waals surface area contributed by atoms with Gasteiger partial charge < -0.3 is 15.8 Å². The van der Waals surface area contributed by atoms with E-state index in [9.17, 15) is 13.2 Å². The first kappa shape index (κ1) is 21.8. The molecule has 0 atom stereocenters. The molecule has 7 nitrogen and oxygen atoms in total. The highest BCUT2D eigenvalue weighted by Gasteiger charge is 2.14. The number of benzene rings is 1. The van der Waals surface area contributed by atoms with Crippen molar-refractivity contribution in [1.82, 2.24) is 4.72 Å². The highest BCUT2D eigenvalue weighted by molar-refractivity contribution is 7.89. The molecule has 1 aromatic rings. The molecule has 0 unspecified atom stereocenters. The topological polar surface area (TPSA) is 111 Å². The molecule has 1 amide bonds. The summed E-state index contributed by atoms with van der Waals surface area (Å²) in [7, 11) is -3.62. The first-order valence-electron chi connectivity index (χ1n) is 7.17. The van der Waals surface area contributed by atoms with Crippen LogP contribution >= 0.6 is 12.4 Å². The van der Waals surface area contributed by atoms with E-state index >= 15 is 0 Å². The van der Waals surface area contributed by atoms with E-state index in [4.69, 9.17) is 10.5 Å². The van der Waals surface area contributed by atoms with Gasteiger partial charge in [-0.25, -0.2) is 13.1 Å². The van der Waals surface area contributed by atoms with Gasteiger partial charge in [0.25, 0.3) is 0 Å². The maximum absolute atomic E-state index is 12.0. The Balaban J connectivity index is 0.00000484. The van der Waals surface area contributed by atoms with Crippen LogP contribution in [0, 0.1) is 0 Å². The highest BCUT2D eigenvalue weighted by atomic mass is 35.5. The predicted octanol–water partition coefficient (Wildman–Crippen LogP) is 1.10. The molecule has 0 radical (unpaired) electrons. The minimum atomic E-state index is -3.62. The molecule has 0 saturated heterocycles. The number of rotatable bonds is 10. The van der Waals surface area contributed by atoms with E-state index in [2.05, 4.69) is 10.0 Å². The normalized spacial score (nSPS) is 10.9. The van der Waals surface area contributed by atoms with E-state index < -0.39 is 10.0 Å². The third kappa shape index (κ3) is 8.29. The summed E-state index contributed by atoms with van der Waals surface area (Å²) in [5, 5.41) is 2.61. The fourth-order valence-corrected chi connectivity index (χ4v) is 2.72. The number of halogens is 1. The lowest BCUT2D eigenvalue weighted by atomic mass is 10.3. The van der Waals surface area contributed by atoms with Crippen molar-refractivity contribution < 1.29 is 17.9 Å². The van der Waals surface area contributed by atoms with E-state index in [1.807, 2.05) is 6.92 Å². The van der Waals surface area contributed by atoms with Gasteiger partial charge in [-0.3, -0.25) is 4.79 Å². The fourth-order valence-electron chi connectivity index (χ4n) is 1.63. The van der Waals surface area contributed by atoms with Gasteiger partial charge in [-0.2, -0.15) is 0 Å². The number of hydrogen-bond donors (Lipinski definition) is 3. The minimum absolute atomic E-state index is 0. The van der Waals surface area contributed by atoms with Crippen molar-refractivity contribution in [1.29, 1.82) is 0 Å². The van der Waals surface area contributed by atoms with Crippen LogP contribution in [0.1, 0.15) is 19.8 Å². The summed E-state index contributed by atoms with van der Waals surface area (Å²) < 4.78 is 31.5. The van der Waals surface area contributed by atoms with Crippen molar-refractivity contribution in [2.24, 2.45) is 5.73 Å². The number of sulfonamides is 1. The predicted molar refractivity (Wildman–Crippen MR) is 92.3 cm³/mol. The van der Waals surface area contributed by atoms with E-state index in [0.29, 0.717) is 12.3 Å². The van der Waals surface area contributed by atoms with Crippen molar-refractivity contribution in [3.8, 4) is 0 Å². The van der Waals surface area contributed by atoms with Crippen LogP contribution in [0.2, 0.25) is 0 Å². The zero-order valence-electron chi connectivity index (χ0n) is 13.1. The van der Waals surface area contributed by atoms with Crippen LogP contribution in [0.25, 0.3) is 0 Å². The second kappa shape index (κ2) is 11.4. The van der Waals surface area contributed by atoms with Gasteiger partial charge in [-0.15, -0.1) is 12.4 Å². The van der Waals surface area contributed by atoms with Crippen molar-refractivity contribution in [3.05, 3.63) is 24.3 Å². The number of ether oxygens (including phenoxy) is 1. The lowest BCUT2D eigenvalue weighted by molar-refractivity contribution is -0.120. The molecule has 0 aliphatic rings. The van der Waals surface area contributed by atoms with Gasteiger partial charge in [0.15, 0.2) is 0 Å². The summed E-state index contributed by atoms with van der Waals surface area (Å²) >= 11 is 0. The number of nitrogens with two attached hydrogens (primary N) is 1. The summed E-state index contributed by atoms with van der Waals surface area (Å²) in [4.78, 5) is 11.8. The molecule has 0 fully saturated rings. The molecule has 4 N–H and O–H groups in total. The molecule has 0 spiro atoms. The molecule has 0 bridgehead atoms. The van der Waals surface area contributed by atoms with Crippen molar-refractivity contribution in [2.75, 3.05) is 31.6 Å². The van der Waals surface area contributed by atoms with Crippen LogP contribution in [0.5, 0.6) is 0 Å². The molecule has 9 heteroatoms. The van der Waals surface area contributed by atoms with Gasteiger partial charge in [0.2, 0.25) is 15.9 Å². The number of amides is 1. The Morgan fingerprint density at radius 1 is 1.35 bits per heavy atom. The molecule has 0 saturated carbocycles. The van der Waals surface area contributed by atoms with Crippen LogP contribution in [-0.2, 0) is 19.6 Å². The first-order valence-corrected chi connectivity index (χ1v) is 8.65. The molecule has 0 heterocycles. The van der Waals surface area contributed by atoms with E-state index in [1.165, 1.54) is 12.1 Å². The van der Waals surface area contributed by atoms with Gasteiger partial charge >= 0.3 is 0 Å². The average molecular weight is 366 g/mol. The molecule has 23 heavy (non-hydrogen) atoms. The Kier molecular flexibility index (Phi) is 10.8.